The molecule has 1 N–H and O–H groups in total. The maximum atomic E-state index is 13.0. The SMILES string of the molecule is CCN(C(=O)c1csc(C2CCNCC2)n1)C(C)C(=O)c1ccccc1. The highest BCUT2D eigenvalue weighted by atomic mass is 32.1. The molecule has 2 aromatic rings. The van der Waals surface area contributed by atoms with Crippen molar-refractivity contribution >= 4 is 23.0 Å². The van der Waals surface area contributed by atoms with Gasteiger partial charge in [0.1, 0.15) is 5.69 Å². The van der Waals surface area contributed by atoms with E-state index in [0.29, 0.717) is 23.7 Å². The van der Waals surface area contributed by atoms with Crippen LogP contribution in [-0.4, -0.2) is 47.3 Å². The van der Waals surface area contributed by atoms with E-state index in [2.05, 4.69) is 10.3 Å². The first kappa shape index (κ1) is 18.7. The number of ketones is 1. The molecule has 1 aromatic carbocycles. The second-order valence-electron chi connectivity index (χ2n) is 6.59. The third-order valence-corrected chi connectivity index (χ3v) is 5.94. The van der Waals surface area contributed by atoms with E-state index in [1.165, 1.54) is 0 Å². The molecule has 26 heavy (non-hydrogen) atoms. The van der Waals surface area contributed by atoms with Gasteiger partial charge in [-0.1, -0.05) is 30.3 Å². The average molecular weight is 372 g/mol. The van der Waals surface area contributed by atoms with Gasteiger partial charge in [-0.2, -0.15) is 0 Å². The first-order valence-electron chi connectivity index (χ1n) is 9.18. The van der Waals surface area contributed by atoms with Gasteiger partial charge in [-0.15, -0.1) is 11.3 Å². The third kappa shape index (κ3) is 4.02. The molecule has 6 heteroatoms. The molecule has 0 spiro atoms. The molecule has 0 bridgehead atoms. The van der Waals surface area contributed by atoms with Gasteiger partial charge in [0, 0.05) is 23.4 Å². The molecule has 0 aliphatic carbocycles. The highest BCUT2D eigenvalue weighted by Crippen LogP contribution is 2.28. The number of benzene rings is 1. The molecule has 1 fully saturated rings. The van der Waals surface area contributed by atoms with Gasteiger partial charge in [0.2, 0.25) is 0 Å². The largest absolute Gasteiger partial charge is 0.327 e. The summed E-state index contributed by atoms with van der Waals surface area (Å²) in [4.78, 5) is 31.9. The molecular weight excluding hydrogens is 346 g/mol. The van der Waals surface area contributed by atoms with Crippen LogP contribution in [0.3, 0.4) is 0 Å². The Kier molecular flexibility index (Phi) is 6.16. The Morgan fingerprint density at radius 2 is 1.96 bits per heavy atom. The topological polar surface area (TPSA) is 62.3 Å². The first-order chi connectivity index (χ1) is 12.6. The summed E-state index contributed by atoms with van der Waals surface area (Å²) in [6, 6.07) is 8.61. The van der Waals surface area contributed by atoms with E-state index in [1.54, 1.807) is 35.3 Å². The second kappa shape index (κ2) is 8.56. The minimum Gasteiger partial charge on any atom is -0.327 e. The molecule has 1 unspecified atom stereocenters. The van der Waals surface area contributed by atoms with E-state index in [9.17, 15) is 9.59 Å². The van der Waals surface area contributed by atoms with Crippen LogP contribution in [0.2, 0.25) is 0 Å². The van der Waals surface area contributed by atoms with E-state index in [-0.39, 0.29) is 11.7 Å². The van der Waals surface area contributed by atoms with Crippen molar-refractivity contribution in [2.24, 2.45) is 0 Å². The fourth-order valence-electron chi connectivity index (χ4n) is 3.37. The summed E-state index contributed by atoms with van der Waals surface area (Å²) in [7, 11) is 0. The molecule has 5 nitrogen and oxygen atoms in total. The number of hydrogen-bond acceptors (Lipinski definition) is 5. The summed E-state index contributed by atoms with van der Waals surface area (Å²) in [5, 5.41) is 6.22. The predicted octanol–water partition coefficient (Wildman–Crippen LogP) is 3.34. The number of Topliss-reactive ketones (excluding diaryl/α,β-unsaturated/α-hetero) is 1. The van der Waals surface area contributed by atoms with Gasteiger partial charge in [-0.05, 0) is 39.8 Å². The quantitative estimate of drug-likeness (QED) is 0.791. The monoisotopic (exact) mass is 371 g/mol. The van der Waals surface area contributed by atoms with Crippen LogP contribution in [0.15, 0.2) is 35.7 Å². The smallest absolute Gasteiger partial charge is 0.273 e. The summed E-state index contributed by atoms with van der Waals surface area (Å²) >= 11 is 1.56. The Morgan fingerprint density at radius 1 is 1.27 bits per heavy atom. The standard InChI is InChI=1S/C20H25N3O2S/c1-3-23(14(2)18(24)15-7-5-4-6-8-15)20(25)17-13-26-19(22-17)16-9-11-21-12-10-16/h4-8,13-14,16,21H,3,9-12H2,1-2H3. The molecule has 3 rings (SSSR count). The Bertz CT molecular complexity index is 753. The zero-order chi connectivity index (χ0) is 18.5. The zero-order valence-electron chi connectivity index (χ0n) is 15.3. The molecule has 1 aliphatic heterocycles. The maximum Gasteiger partial charge on any atom is 0.273 e. The van der Waals surface area contributed by atoms with Crippen molar-refractivity contribution in [3.8, 4) is 0 Å². The van der Waals surface area contributed by atoms with E-state index in [4.69, 9.17) is 0 Å². The normalized spacial score (nSPS) is 16.2. The van der Waals surface area contributed by atoms with Gasteiger partial charge >= 0.3 is 0 Å². The summed E-state index contributed by atoms with van der Waals surface area (Å²) in [5.74, 6) is 0.219. The van der Waals surface area contributed by atoms with Gasteiger partial charge in [0.25, 0.3) is 5.91 Å². The van der Waals surface area contributed by atoms with Crippen molar-refractivity contribution in [2.75, 3.05) is 19.6 Å². The van der Waals surface area contributed by atoms with Crippen molar-refractivity contribution in [3.05, 3.63) is 52.0 Å². The lowest BCUT2D eigenvalue weighted by molar-refractivity contribution is 0.0633. The molecule has 1 aliphatic rings. The molecule has 0 radical (unpaired) electrons. The molecule has 0 saturated carbocycles. The molecule has 138 valence electrons. The molecule has 2 heterocycles. The van der Waals surface area contributed by atoms with Crippen LogP contribution in [0, 0.1) is 0 Å². The maximum absolute atomic E-state index is 13.0. The Labute approximate surface area is 158 Å². The second-order valence-corrected chi connectivity index (χ2v) is 7.48. The zero-order valence-corrected chi connectivity index (χ0v) is 16.1. The summed E-state index contributed by atoms with van der Waals surface area (Å²) in [6.45, 7) is 6.15. The number of nitrogens with zero attached hydrogens (tertiary/aromatic N) is 2. The van der Waals surface area contributed by atoms with Gasteiger partial charge in [-0.25, -0.2) is 4.98 Å². The number of hydrogen-bond donors (Lipinski definition) is 1. The third-order valence-electron chi connectivity index (χ3n) is 4.94. The number of amides is 1. The number of piperidine rings is 1. The summed E-state index contributed by atoms with van der Waals surface area (Å²) < 4.78 is 0. The number of likely N-dealkylation sites (N-methyl/N-ethyl adjacent to an activating group) is 1. The number of aromatic nitrogens is 1. The van der Waals surface area contributed by atoms with Crippen LogP contribution in [0.4, 0.5) is 0 Å². The minimum atomic E-state index is -0.515. The van der Waals surface area contributed by atoms with Crippen LogP contribution in [0.25, 0.3) is 0 Å². The van der Waals surface area contributed by atoms with Crippen molar-refractivity contribution in [3.63, 3.8) is 0 Å². The van der Waals surface area contributed by atoms with Crippen molar-refractivity contribution in [2.45, 2.75) is 38.6 Å². The van der Waals surface area contributed by atoms with Crippen LogP contribution in [-0.2, 0) is 0 Å². The lowest BCUT2D eigenvalue weighted by atomic mass is 9.99. The summed E-state index contributed by atoms with van der Waals surface area (Å²) in [6.07, 6.45) is 2.11. The number of thiazole rings is 1. The highest BCUT2D eigenvalue weighted by molar-refractivity contribution is 7.09. The molecular formula is C20H25N3O2S. The van der Waals surface area contributed by atoms with Gasteiger partial charge in [0.15, 0.2) is 5.78 Å². The Hall–Kier alpha value is -2.05. The Morgan fingerprint density at radius 3 is 2.62 bits per heavy atom. The Balaban J connectivity index is 1.74. The number of rotatable bonds is 6. The van der Waals surface area contributed by atoms with E-state index in [0.717, 1.165) is 30.9 Å². The van der Waals surface area contributed by atoms with Gasteiger partial charge < -0.3 is 10.2 Å². The van der Waals surface area contributed by atoms with Gasteiger partial charge in [-0.3, -0.25) is 9.59 Å². The van der Waals surface area contributed by atoms with E-state index < -0.39 is 6.04 Å². The van der Waals surface area contributed by atoms with E-state index in [1.807, 2.05) is 30.5 Å². The molecule has 1 saturated heterocycles. The molecule has 1 atom stereocenters. The lowest BCUT2D eigenvalue weighted by Crippen LogP contribution is -2.43. The fourth-order valence-corrected chi connectivity index (χ4v) is 4.33. The van der Waals surface area contributed by atoms with Crippen LogP contribution >= 0.6 is 11.3 Å². The van der Waals surface area contributed by atoms with Gasteiger partial charge in [0.05, 0.1) is 11.0 Å². The number of carbonyl (C=O) groups is 2. The fraction of sp³-hybridized carbons (Fsp3) is 0.450. The first-order valence-corrected chi connectivity index (χ1v) is 10.1. The van der Waals surface area contributed by atoms with Crippen molar-refractivity contribution in [1.29, 1.82) is 0 Å². The summed E-state index contributed by atoms with van der Waals surface area (Å²) in [5.41, 5.74) is 1.08. The van der Waals surface area contributed by atoms with E-state index >= 15 is 0 Å². The molecule has 1 amide bonds. The average Bonchev–Trinajstić information content (AvgIpc) is 3.19. The number of nitrogens with one attached hydrogen (secondary N) is 1. The van der Waals surface area contributed by atoms with Crippen LogP contribution < -0.4 is 5.32 Å². The predicted molar refractivity (Wildman–Crippen MR) is 104 cm³/mol. The highest BCUT2D eigenvalue weighted by Gasteiger charge is 2.28. The van der Waals surface area contributed by atoms with Crippen LogP contribution in [0.5, 0.6) is 0 Å². The van der Waals surface area contributed by atoms with Crippen molar-refractivity contribution < 1.29 is 9.59 Å². The minimum absolute atomic E-state index is 0.0467. The number of carbonyl (C=O) groups excluding carboxylic acids is 2. The van der Waals surface area contributed by atoms with Crippen LogP contribution in [0.1, 0.15) is 58.5 Å². The van der Waals surface area contributed by atoms with Crippen molar-refractivity contribution in [1.82, 2.24) is 15.2 Å². The lowest BCUT2D eigenvalue weighted by Gasteiger charge is -2.26. The molecule has 1 aromatic heterocycles.